The zero-order chi connectivity index (χ0) is 26.2. The molecule has 0 radical (unpaired) electrons. The number of nitrogens with one attached hydrogen (secondary N) is 2. The molecule has 192 valence electrons. The number of anilines is 2. The molecule has 1 heterocycles. The van der Waals surface area contributed by atoms with E-state index in [0.717, 1.165) is 46.6 Å². The molecule has 6 nitrogen and oxygen atoms in total. The standard InChI is InChI=1S/C29H30N2O4S2/c1-3-23(27(33)31-28-26(29(34)35-2)22-14-7-8-15-24(22)37-28)36-21-13-9-12-20(18-21)30-25(32)17-16-19-10-5-4-6-11-19/h4-6,9-13,16-18,23H,3,7-8,14-15H2,1-2H3,(H,30,32)(H,31,33)/b17-16+. The van der Waals surface area contributed by atoms with Crippen molar-refractivity contribution in [2.75, 3.05) is 17.7 Å². The monoisotopic (exact) mass is 534 g/mol. The van der Waals surface area contributed by atoms with E-state index in [-0.39, 0.29) is 17.1 Å². The Morgan fingerprint density at radius 1 is 1.05 bits per heavy atom. The maximum absolute atomic E-state index is 13.3. The molecule has 2 N–H and O–H groups in total. The first kappa shape index (κ1) is 26.7. The van der Waals surface area contributed by atoms with Gasteiger partial charge in [-0.1, -0.05) is 43.3 Å². The third-order valence-corrected chi connectivity index (χ3v) is 8.63. The summed E-state index contributed by atoms with van der Waals surface area (Å²) >= 11 is 2.91. The fraction of sp³-hybridized carbons (Fsp3) is 0.276. The van der Waals surface area contributed by atoms with Crippen molar-refractivity contribution in [2.24, 2.45) is 0 Å². The highest BCUT2D eigenvalue weighted by Crippen LogP contribution is 2.39. The highest BCUT2D eigenvalue weighted by atomic mass is 32.2. The second kappa shape index (κ2) is 12.7. The number of thioether (sulfide) groups is 1. The third-order valence-electron chi connectivity index (χ3n) is 6.07. The summed E-state index contributed by atoms with van der Waals surface area (Å²) in [5, 5.41) is 6.10. The molecule has 4 rings (SSSR count). The van der Waals surface area contributed by atoms with E-state index in [0.29, 0.717) is 22.7 Å². The number of carbonyl (C=O) groups excluding carboxylic acids is 3. The van der Waals surface area contributed by atoms with Crippen LogP contribution >= 0.6 is 23.1 Å². The van der Waals surface area contributed by atoms with Crippen molar-refractivity contribution >= 4 is 57.6 Å². The van der Waals surface area contributed by atoms with Gasteiger partial charge in [0.25, 0.3) is 0 Å². The van der Waals surface area contributed by atoms with Gasteiger partial charge in [-0.2, -0.15) is 0 Å². The second-order valence-electron chi connectivity index (χ2n) is 8.67. The molecule has 0 fully saturated rings. The van der Waals surface area contributed by atoms with Crippen LogP contribution in [0.15, 0.2) is 65.6 Å². The second-order valence-corrected chi connectivity index (χ2v) is 11.1. The SMILES string of the molecule is CCC(Sc1cccc(NC(=O)/C=C/c2ccccc2)c1)C(=O)Nc1sc2c(c1C(=O)OC)CCCC2. The van der Waals surface area contributed by atoms with Crippen molar-refractivity contribution < 1.29 is 19.1 Å². The summed E-state index contributed by atoms with van der Waals surface area (Å²) in [6.07, 6.45) is 7.73. The first-order chi connectivity index (χ1) is 18.0. The molecule has 0 bridgehead atoms. The van der Waals surface area contributed by atoms with Crippen molar-refractivity contribution in [3.63, 3.8) is 0 Å². The van der Waals surface area contributed by atoms with Gasteiger partial charge in [0, 0.05) is 21.5 Å². The van der Waals surface area contributed by atoms with Gasteiger partial charge in [-0.15, -0.1) is 23.1 Å². The number of thiophene rings is 1. The lowest BCUT2D eigenvalue weighted by molar-refractivity contribution is -0.115. The Labute approximate surface area is 225 Å². The van der Waals surface area contributed by atoms with Crippen LogP contribution in [0.1, 0.15) is 52.5 Å². The van der Waals surface area contributed by atoms with Crippen LogP contribution in [0.3, 0.4) is 0 Å². The average molecular weight is 535 g/mol. The Kier molecular flexibility index (Phi) is 9.19. The number of benzene rings is 2. The lowest BCUT2D eigenvalue weighted by atomic mass is 9.95. The van der Waals surface area contributed by atoms with Crippen LogP contribution in [-0.2, 0) is 27.2 Å². The fourth-order valence-electron chi connectivity index (χ4n) is 4.22. The van der Waals surface area contributed by atoms with E-state index in [9.17, 15) is 14.4 Å². The highest BCUT2D eigenvalue weighted by Gasteiger charge is 2.28. The number of amides is 2. The summed E-state index contributed by atoms with van der Waals surface area (Å²) < 4.78 is 5.02. The number of aryl methyl sites for hydroxylation is 1. The van der Waals surface area contributed by atoms with Gasteiger partial charge in [-0.05, 0) is 67.5 Å². The summed E-state index contributed by atoms with van der Waals surface area (Å²) in [4.78, 5) is 40.2. The first-order valence-corrected chi connectivity index (χ1v) is 14.0. The van der Waals surface area contributed by atoms with Crippen LogP contribution in [0.25, 0.3) is 6.08 Å². The van der Waals surface area contributed by atoms with Gasteiger partial charge in [0.15, 0.2) is 0 Å². The van der Waals surface area contributed by atoms with Crippen molar-refractivity contribution in [3.05, 3.63) is 82.2 Å². The number of esters is 1. The van der Waals surface area contributed by atoms with Crippen molar-refractivity contribution in [2.45, 2.75) is 49.2 Å². The number of methoxy groups -OCH3 is 1. The molecule has 0 aliphatic heterocycles. The third kappa shape index (κ3) is 6.90. The van der Waals surface area contributed by atoms with E-state index in [1.165, 1.54) is 36.3 Å². The molecule has 2 aromatic carbocycles. The van der Waals surface area contributed by atoms with Gasteiger partial charge >= 0.3 is 5.97 Å². The van der Waals surface area contributed by atoms with Crippen LogP contribution in [0.2, 0.25) is 0 Å². The molecule has 0 saturated heterocycles. The highest BCUT2D eigenvalue weighted by molar-refractivity contribution is 8.00. The molecule has 3 aromatic rings. The van der Waals surface area contributed by atoms with E-state index >= 15 is 0 Å². The number of carbonyl (C=O) groups is 3. The van der Waals surface area contributed by atoms with Crippen molar-refractivity contribution in [1.82, 2.24) is 0 Å². The van der Waals surface area contributed by atoms with E-state index in [1.807, 2.05) is 61.5 Å². The van der Waals surface area contributed by atoms with Gasteiger partial charge in [-0.25, -0.2) is 4.79 Å². The molecule has 1 aliphatic rings. The fourth-order valence-corrected chi connectivity index (χ4v) is 6.51. The summed E-state index contributed by atoms with van der Waals surface area (Å²) in [7, 11) is 1.37. The molecular weight excluding hydrogens is 504 g/mol. The summed E-state index contributed by atoms with van der Waals surface area (Å²) in [5.74, 6) is -0.788. The Hall–Kier alpha value is -3.36. The number of hydrogen-bond donors (Lipinski definition) is 2. The Morgan fingerprint density at radius 2 is 1.84 bits per heavy atom. The minimum atomic E-state index is -0.403. The van der Waals surface area contributed by atoms with Crippen LogP contribution < -0.4 is 10.6 Å². The maximum atomic E-state index is 13.3. The predicted octanol–water partition coefficient (Wildman–Crippen LogP) is 6.57. The minimum Gasteiger partial charge on any atom is -0.465 e. The lowest BCUT2D eigenvalue weighted by Crippen LogP contribution is -2.25. The molecule has 1 unspecified atom stereocenters. The largest absolute Gasteiger partial charge is 0.465 e. The summed E-state index contributed by atoms with van der Waals surface area (Å²) in [6.45, 7) is 1.96. The smallest absolute Gasteiger partial charge is 0.341 e. The van der Waals surface area contributed by atoms with E-state index < -0.39 is 5.97 Å². The minimum absolute atomic E-state index is 0.156. The number of ether oxygens (including phenoxy) is 1. The Bertz CT molecular complexity index is 1300. The van der Waals surface area contributed by atoms with Gasteiger partial charge in [0.2, 0.25) is 11.8 Å². The van der Waals surface area contributed by atoms with Gasteiger partial charge in [-0.3, -0.25) is 9.59 Å². The van der Waals surface area contributed by atoms with E-state index in [1.54, 1.807) is 6.08 Å². The zero-order valence-corrected chi connectivity index (χ0v) is 22.5. The predicted molar refractivity (Wildman–Crippen MR) is 151 cm³/mol. The first-order valence-electron chi connectivity index (χ1n) is 12.3. The quantitative estimate of drug-likeness (QED) is 0.184. The number of rotatable bonds is 9. The average Bonchev–Trinajstić information content (AvgIpc) is 3.28. The van der Waals surface area contributed by atoms with Crippen LogP contribution in [0.5, 0.6) is 0 Å². The summed E-state index contributed by atoms with van der Waals surface area (Å²) in [6, 6.07) is 17.1. The molecule has 1 aliphatic carbocycles. The molecule has 0 saturated carbocycles. The van der Waals surface area contributed by atoms with Gasteiger partial charge < -0.3 is 15.4 Å². The zero-order valence-electron chi connectivity index (χ0n) is 20.9. The summed E-state index contributed by atoms with van der Waals surface area (Å²) in [5.41, 5.74) is 3.12. The Morgan fingerprint density at radius 3 is 2.59 bits per heavy atom. The van der Waals surface area contributed by atoms with E-state index in [4.69, 9.17) is 4.74 Å². The topological polar surface area (TPSA) is 84.5 Å². The van der Waals surface area contributed by atoms with Crippen molar-refractivity contribution in [3.8, 4) is 0 Å². The van der Waals surface area contributed by atoms with E-state index in [2.05, 4.69) is 10.6 Å². The lowest BCUT2D eigenvalue weighted by Gasteiger charge is -2.15. The van der Waals surface area contributed by atoms with Crippen LogP contribution in [-0.4, -0.2) is 30.1 Å². The number of fused-ring (bicyclic) bond motifs is 1. The molecule has 8 heteroatoms. The molecular formula is C29H30N2O4S2. The van der Waals surface area contributed by atoms with Gasteiger partial charge in [0.1, 0.15) is 5.00 Å². The molecule has 37 heavy (non-hydrogen) atoms. The molecule has 1 atom stereocenters. The van der Waals surface area contributed by atoms with Crippen LogP contribution in [0.4, 0.5) is 10.7 Å². The maximum Gasteiger partial charge on any atom is 0.341 e. The molecule has 2 amide bonds. The molecule has 0 spiro atoms. The molecule has 1 aromatic heterocycles. The van der Waals surface area contributed by atoms with Crippen molar-refractivity contribution in [1.29, 1.82) is 0 Å². The normalized spacial score (nSPS) is 13.6. The Balaban J connectivity index is 1.43. The van der Waals surface area contributed by atoms with Crippen LogP contribution in [0, 0.1) is 0 Å². The van der Waals surface area contributed by atoms with Gasteiger partial charge in [0.05, 0.1) is 17.9 Å². The number of hydrogen-bond acceptors (Lipinski definition) is 6.